The van der Waals surface area contributed by atoms with E-state index >= 15 is 0 Å². The van der Waals surface area contributed by atoms with Crippen LogP contribution in [0.4, 0.5) is 17.3 Å². The molecule has 2 aromatic heterocycles. The topological polar surface area (TPSA) is 61.3 Å². The van der Waals surface area contributed by atoms with Gasteiger partial charge in [-0.3, -0.25) is 4.98 Å². The van der Waals surface area contributed by atoms with Gasteiger partial charge in [-0.25, -0.2) is 15.0 Å². The Kier molecular flexibility index (Phi) is 4.35. The van der Waals surface area contributed by atoms with E-state index in [1.807, 2.05) is 49.5 Å². The van der Waals surface area contributed by atoms with E-state index in [0.717, 1.165) is 59.8 Å². The van der Waals surface area contributed by atoms with Gasteiger partial charge in [0.1, 0.15) is 18.0 Å². The van der Waals surface area contributed by atoms with Crippen LogP contribution in [0.2, 0.25) is 0 Å². The lowest BCUT2D eigenvalue weighted by Gasteiger charge is -2.36. The van der Waals surface area contributed by atoms with Crippen LogP contribution in [-0.4, -0.2) is 60.2 Å². The molecule has 0 atom stereocenters. The number of anilines is 3. The summed E-state index contributed by atoms with van der Waals surface area (Å²) in [4.78, 5) is 25.0. The molecule has 0 amide bonds. The van der Waals surface area contributed by atoms with Gasteiger partial charge in [0.25, 0.3) is 0 Å². The van der Waals surface area contributed by atoms with Gasteiger partial charge in [0.05, 0.1) is 22.7 Å². The quantitative estimate of drug-likeness (QED) is 0.537. The van der Waals surface area contributed by atoms with Gasteiger partial charge in [0, 0.05) is 51.3 Å². The van der Waals surface area contributed by atoms with Crippen molar-refractivity contribution in [3.8, 4) is 0 Å². The second-order valence-electron chi connectivity index (χ2n) is 7.48. The SMILES string of the molecule is CN(C)c1ncnc2ccc(N3CCN(c4cnc5ccccc5n4)CC3)cc12. The molecule has 0 N–H and O–H groups in total. The van der Waals surface area contributed by atoms with Crippen molar-refractivity contribution >= 4 is 39.3 Å². The largest absolute Gasteiger partial charge is 0.368 e. The van der Waals surface area contributed by atoms with Gasteiger partial charge in [-0.2, -0.15) is 0 Å². The lowest BCUT2D eigenvalue weighted by molar-refractivity contribution is 0.647. The summed E-state index contributed by atoms with van der Waals surface area (Å²) in [7, 11) is 4.02. The monoisotopic (exact) mass is 385 g/mol. The van der Waals surface area contributed by atoms with Crippen molar-refractivity contribution in [2.24, 2.45) is 0 Å². The third kappa shape index (κ3) is 3.29. The molecule has 1 aliphatic rings. The fourth-order valence-electron chi connectivity index (χ4n) is 3.88. The second-order valence-corrected chi connectivity index (χ2v) is 7.48. The van der Waals surface area contributed by atoms with Crippen molar-refractivity contribution in [3.63, 3.8) is 0 Å². The number of piperazine rings is 1. The van der Waals surface area contributed by atoms with Gasteiger partial charge in [-0.15, -0.1) is 0 Å². The Morgan fingerprint density at radius 1 is 0.793 bits per heavy atom. The molecule has 1 fully saturated rings. The number of hydrogen-bond donors (Lipinski definition) is 0. The molecule has 146 valence electrons. The van der Waals surface area contributed by atoms with E-state index in [9.17, 15) is 0 Å². The van der Waals surface area contributed by atoms with Crippen LogP contribution < -0.4 is 14.7 Å². The lowest BCUT2D eigenvalue weighted by Crippen LogP contribution is -2.46. The number of hydrogen-bond acceptors (Lipinski definition) is 7. The number of para-hydroxylation sites is 2. The second kappa shape index (κ2) is 7.16. The van der Waals surface area contributed by atoms with Crippen LogP contribution in [0, 0.1) is 0 Å². The van der Waals surface area contributed by atoms with Crippen LogP contribution in [-0.2, 0) is 0 Å². The Labute approximate surface area is 169 Å². The highest BCUT2D eigenvalue weighted by molar-refractivity contribution is 5.91. The van der Waals surface area contributed by atoms with Gasteiger partial charge >= 0.3 is 0 Å². The first-order chi connectivity index (χ1) is 14.2. The van der Waals surface area contributed by atoms with Crippen LogP contribution in [0.3, 0.4) is 0 Å². The van der Waals surface area contributed by atoms with E-state index in [4.69, 9.17) is 4.98 Å². The molecular weight excluding hydrogens is 362 g/mol. The molecule has 1 aliphatic heterocycles. The van der Waals surface area contributed by atoms with Crippen LogP contribution in [0.25, 0.3) is 21.9 Å². The zero-order valence-corrected chi connectivity index (χ0v) is 16.7. The molecule has 0 saturated carbocycles. The normalized spacial score (nSPS) is 14.6. The van der Waals surface area contributed by atoms with Crippen molar-refractivity contribution in [2.45, 2.75) is 0 Å². The smallest absolute Gasteiger partial charge is 0.147 e. The zero-order valence-electron chi connectivity index (χ0n) is 16.7. The van der Waals surface area contributed by atoms with Gasteiger partial charge < -0.3 is 14.7 Å². The molecule has 0 unspecified atom stereocenters. The van der Waals surface area contributed by atoms with Crippen LogP contribution >= 0.6 is 0 Å². The maximum Gasteiger partial charge on any atom is 0.147 e. The Morgan fingerprint density at radius 2 is 1.55 bits per heavy atom. The summed E-state index contributed by atoms with van der Waals surface area (Å²) in [6.07, 6.45) is 3.51. The lowest BCUT2D eigenvalue weighted by atomic mass is 10.1. The number of nitrogens with zero attached hydrogens (tertiary/aromatic N) is 7. The molecule has 2 aromatic carbocycles. The summed E-state index contributed by atoms with van der Waals surface area (Å²) in [5.41, 5.74) is 4.06. The molecule has 1 saturated heterocycles. The summed E-state index contributed by atoms with van der Waals surface area (Å²) in [6, 6.07) is 14.4. The number of benzene rings is 2. The minimum absolute atomic E-state index is 0.914. The molecule has 7 nitrogen and oxygen atoms in total. The van der Waals surface area contributed by atoms with Gasteiger partial charge in [0.2, 0.25) is 0 Å². The Hall–Kier alpha value is -3.48. The molecular formula is C22H23N7. The van der Waals surface area contributed by atoms with E-state index in [0.29, 0.717) is 0 Å². The molecule has 29 heavy (non-hydrogen) atoms. The van der Waals surface area contributed by atoms with E-state index in [-0.39, 0.29) is 0 Å². The van der Waals surface area contributed by atoms with Gasteiger partial charge in [0.15, 0.2) is 0 Å². The highest BCUT2D eigenvalue weighted by Gasteiger charge is 2.20. The first-order valence-corrected chi connectivity index (χ1v) is 9.83. The highest BCUT2D eigenvalue weighted by Crippen LogP contribution is 2.28. The van der Waals surface area contributed by atoms with Crippen LogP contribution in [0.1, 0.15) is 0 Å². The van der Waals surface area contributed by atoms with E-state index < -0.39 is 0 Å². The standard InChI is InChI=1S/C22H23N7/c1-27(2)22-17-13-16(7-8-18(17)24-15-25-22)28-9-11-29(12-10-28)21-14-23-19-5-3-4-6-20(19)26-21/h3-8,13-15H,9-12H2,1-2H3. The number of fused-ring (bicyclic) bond motifs is 2. The van der Waals surface area contributed by atoms with Crippen molar-refractivity contribution in [1.29, 1.82) is 0 Å². The van der Waals surface area contributed by atoms with Gasteiger partial charge in [-0.1, -0.05) is 12.1 Å². The highest BCUT2D eigenvalue weighted by atomic mass is 15.3. The summed E-state index contributed by atoms with van der Waals surface area (Å²) in [6.45, 7) is 3.70. The number of aromatic nitrogens is 4. The van der Waals surface area contributed by atoms with Crippen molar-refractivity contribution in [1.82, 2.24) is 19.9 Å². The fraction of sp³-hybridized carbons (Fsp3) is 0.273. The fourth-order valence-corrected chi connectivity index (χ4v) is 3.88. The summed E-state index contributed by atoms with van der Waals surface area (Å²) in [5, 5.41) is 1.08. The maximum absolute atomic E-state index is 4.79. The zero-order chi connectivity index (χ0) is 19.8. The van der Waals surface area contributed by atoms with Crippen LogP contribution in [0.15, 0.2) is 55.0 Å². The predicted molar refractivity (Wildman–Crippen MR) is 118 cm³/mol. The molecule has 3 heterocycles. The summed E-state index contributed by atoms with van der Waals surface area (Å²) < 4.78 is 0. The third-order valence-corrected chi connectivity index (χ3v) is 5.43. The van der Waals surface area contributed by atoms with E-state index in [1.165, 1.54) is 5.69 Å². The Bertz CT molecular complexity index is 1170. The van der Waals surface area contributed by atoms with E-state index in [2.05, 4.69) is 43.0 Å². The minimum atomic E-state index is 0.914. The first kappa shape index (κ1) is 17.6. The molecule has 0 radical (unpaired) electrons. The minimum Gasteiger partial charge on any atom is -0.368 e. The molecule has 0 bridgehead atoms. The molecule has 0 aliphatic carbocycles. The average Bonchev–Trinajstić information content (AvgIpc) is 2.78. The molecule has 0 spiro atoms. The summed E-state index contributed by atoms with van der Waals surface area (Å²) in [5.74, 6) is 1.90. The molecule has 4 aromatic rings. The van der Waals surface area contributed by atoms with Gasteiger partial charge in [-0.05, 0) is 30.3 Å². The summed E-state index contributed by atoms with van der Waals surface area (Å²) >= 11 is 0. The molecule has 7 heteroatoms. The third-order valence-electron chi connectivity index (χ3n) is 5.43. The maximum atomic E-state index is 4.79. The van der Waals surface area contributed by atoms with Crippen molar-refractivity contribution in [2.75, 3.05) is 55.0 Å². The predicted octanol–water partition coefficient (Wildman–Crippen LogP) is 2.97. The average molecular weight is 385 g/mol. The Morgan fingerprint density at radius 3 is 2.34 bits per heavy atom. The van der Waals surface area contributed by atoms with Crippen LogP contribution in [0.5, 0.6) is 0 Å². The molecule has 5 rings (SSSR count). The van der Waals surface area contributed by atoms with Crippen molar-refractivity contribution in [3.05, 3.63) is 55.0 Å². The number of rotatable bonds is 3. The van der Waals surface area contributed by atoms with Crippen molar-refractivity contribution < 1.29 is 0 Å². The first-order valence-electron chi connectivity index (χ1n) is 9.83. The Balaban J connectivity index is 1.36. The van der Waals surface area contributed by atoms with E-state index in [1.54, 1.807) is 6.33 Å².